The van der Waals surface area contributed by atoms with Crippen LogP contribution in [0.3, 0.4) is 0 Å². The van der Waals surface area contributed by atoms with E-state index < -0.39 is 0 Å². The molecule has 4 heteroatoms. The summed E-state index contributed by atoms with van der Waals surface area (Å²) in [5.41, 5.74) is 0. The summed E-state index contributed by atoms with van der Waals surface area (Å²) in [6, 6.07) is 0.651. The molecule has 0 aliphatic carbocycles. The van der Waals surface area contributed by atoms with E-state index in [1.165, 1.54) is 12.8 Å². The lowest BCUT2D eigenvalue weighted by molar-refractivity contribution is -0.129. The Balaban J connectivity index is 1.89. The average molecular weight is 211 g/mol. The molecule has 4 nitrogen and oxygen atoms in total. The van der Waals surface area contributed by atoms with Gasteiger partial charge in [-0.1, -0.05) is 0 Å². The predicted octanol–water partition coefficient (Wildman–Crippen LogP) is -0.0975. The molecule has 0 aromatic carbocycles. The minimum Gasteiger partial charge on any atom is -0.344 e. The topological polar surface area (TPSA) is 35.6 Å². The summed E-state index contributed by atoms with van der Waals surface area (Å²) in [6.07, 6.45) is 3.24. The Morgan fingerprint density at radius 2 is 2.20 bits per heavy atom. The normalized spacial score (nSPS) is 30.3. The first kappa shape index (κ1) is 10.9. The van der Waals surface area contributed by atoms with Gasteiger partial charge in [0.1, 0.15) is 0 Å². The number of hydrogen-bond donors (Lipinski definition) is 1. The van der Waals surface area contributed by atoms with Crippen LogP contribution < -0.4 is 5.32 Å². The van der Waals surface area contributed by atoms with Crippen molar-refractivity contribution in [2.75, 3.05) is 39.8 Å². The van der Waals surface area contributed by atoms with E-state index >= 15 is 0 Å². The number of nitrogens with one attached hydrogen (secondary N) is 1. The molecule has 2 rings (SSSR count). The second-order valence-electron chi connectivity index (χ2n) is 4.60. The third-order valence-electron chi connectivity index (χ3n) is 3.55. The third-order valence-corrected chi connectivity index (χ3v) is 3.55. The molecule has 1 N–H and O–H groups in total. The van der Waals surface area contributed by atoms with Crippen LogP contribution in [0.25, 0.3) is 0 Å². The number of hydrogen-bond acceptors (Lipinski definition) is 3. The number of likely N-dealkylation sites (N-methyl/N-ethyl adjacent to an activating group) is 1. The molecule has 0 aromatic heterocycles. The van der Waals surface area contributed by atoms with Gasteiger partial charge in [-0.25, -0.2) is 0 Å². The van der Waals surface area contributed by atoms with Gasteiger partial charge in [0.2, 0.25) is 5.91 Å². The summed E-state index contributed by atoms with van der Waals surface area (Å²) in [5, 5.41) is 3.43. The quantitative estimate of drug-likeness (QED) is 0.658. The van der Waals surface area contributed by atoms with Crippen LogP contribution in [0.1, 0.15) is 19.3 Å². The van der Waals surface area contributed by atoms with Gasteiger partial charge in [0, 0.05) is 45.7 Å². The fraction of sp³-hybridized carbons (Fsp3) is 0.909. The molecule has 2 saturated heterocycles. The molecule has 0 aromatic rings. The van der Waals surface area contributed by atoms with E-state index in [0.717, 1.165) is 32.7 Å². The lowest BCUT2D eigenvalue weighted by Crippen LogP contribution is -2.47. The highest BCUT2D eigenvalue weighted by Crippen LogP contribution is 2.13. The fourth-order valence-electron chi connectivity index (χ4n) is 2.46. The molecule has 0 radical (unpaired) electrons. The van der Waals surface area contributed by atoms with Gasteiger partial charge in [-0.3, -0.25) is 9.69 Å². The van der Waals surface area contributed by atoms with Crippen LogP contribution in [-0.2, 0) is 4.79 Å². The van der Waals surface area contributed by atoms with Crippen molar-refractivity contribution in [1.29, 1.82) is 0 Å². The highest BCUT2D eigenvalue weighted by atomic mass is 16.2. The highest BCUT2D eigenvalue weighted by Gasteiger charge is 2.24. The number of amides is 1. The third kappa shape index (κ3) is 2.69. The van der Waals surface area contributed by atoms with Crippen molar-refractivity contribution < 1.29 is 4.79 Å². The van der Waals surface area contributed by atoms with Crippen LogP contribution in [0.15, 0.2) is 0 Å². The van der Waals surface area contributed by atoms with E-state index in [1.54, 1.807) is 0 Å². The van der Waals surface area contributed by atoms with Crippen LogP contribution in [0.4, 0.5) is 0 Å². The van der Waals surface area contributed by atoms with Crippen LogP contribution in [-0.4, -0.2) is 61.5 Å². The fourth-order valence-corrected chi connectivity index (χ4v) is 2.46. The maximum atomic E-state index is 11.5. The van der Waals surface area contributed by atoms with Gasteiger partial charge < -0.3 is 10.2 Å². The van der Waals surface area contributed by atoms with E-state index in [9.17, 15) is 4.79 Å². The number of rotatable bonds is 1. The van der Waals surface area contributed by atoms with E-state index in [4.69, 9.17) is 0 Å². The van der Waals surface area contributed by atoms with Gasteiger partial charge in [0.15, 0.2) is 0 Å². The molecule has 0 saturated carbocycles. The van der Waals surface area contributed by atoms with Gasteiger partial charge in [0.25, 0.3) is 0 Å². The van der Waals surface area contributed by atoms with E-state index in [1.807, 2.05) is 11.9 Å². The van der Waals surface area contributed by atoms with Crippen molar-refractivity contribution in [3.8, 4) is 0 Å². The molecule has 1 amide bonds. The second kappa shape index (κ2) is 4.94. The maximum Gasteiger partial charge on any atom is 0.223 e. The molecule has 0 spiro atoms. The molecule has 2 aliphatic heterocycles. The first-order chi connectivity index (χ1) is 7.27. The first-order valence-corrected chi connectivity index (χ1v) is 5.96. The molecule has 15 heavy (non-hydrogen) atoms. The van der Waals surface area contributed by atoms with Crippen molar-refractivity contribution in [1.82, 2.24) is 15.1 Å². The van der Waals surface area contributed by atoms with E-state index in [0.29, 0.717) is 18.4 Å². The average Bonchev–Trinajstić information content (AvgIpc) is 2.44. The molecular weight excluding hydrogens is 190 g/mol. The lowest BCUT2D eigenvalue weighted by Gasteiger charge is -2.33. The van der Waals surface area contributed by atoms with Crippen LogP contribution in [0, 0.1) is 0 Å². The molecule has 0 bridgehead atoms. The molecule has 1 atom stereocenters. The van der Waals surface area contributed by atoms with Crippen molar-refractivity contribution in [2.24, 2.45) is 0 Å². The van der Waals surface area contributed by atoms with Crippen molar-refractivity contribution in [2.45, 2.75) is 25.3 Å². The Bertz CT molecular complexity index is 226. The Morgan fingerprint density at radius 1 is 1.33 bits per heavy atom. The largest absolute Gasteiger partial charge is 0.344 e. The van der Waals surface area contributed by atoms with Gasteiger partial charge >= 0.3 is 0 Å². The zero-order chi connectivity index (χ0) is 10.7. The van der Waals surface area contributed by atoms with Crippen LogP contribution >= 0.6 is 0 Å². The van der Waals surface area contributed by atoms with E-state index in [2.05, 4.69) is 10.2 Å². The van der Waals surface area contributed by atoms with Gasteiger partial charge in [-0.05, 0) is 19.4 Å². The predicted molar refractivity (Wildman–Crippen MR) is 59.7 cm³/mol. The zero-order valence-electron chi connectivity index (χ0n) is 9.54. The van der Waals surface area contributed by atoms with Gasteiger partial charge in [-0.2, -0.15) is 0 Å². The Hall–Kier alpha value is -0.610. The minimum atomic E-state index is 0.293. The molecule has 86 valence electrons. The summed E-state index contributed by atoms with van der Waals surface area (Å²) in [4.78, 5) is 15.9. The Morgan fingerprint density at radius 3 is 2.93 bits per heavy atom. The number of carbonyl (C=O) groups is 1. The summed E-state index contributed by atoms with van der Waals surface area (Å²) < 4.78 is 0. The Labute approximate surface area is 91.6 Å². The second-order valence-corrected chi connectivity index (χ2v) is 4.60. The van der Waals surface area contributed by atoms with Crippen molar-refractivity contribution in [3.63, 3.8) is 0 Å². The standard InChI is InChI=1S/C11H21N3O/c1-13-7-8-14(6-4-11(13)15)10-3-2-5-12-9-10/h10,12H,2-9H2,1H3. The summed E-state index contributed by atoms with van der Waals surface area (Å²) in [5.74, 6) is 0.293. The summed E-state index contributed by atoms with van der Waals surface area (Å²) in [6.45, 7) is 5.11. The van der Waals surface area contributed by atoms with Crippen molar-refractivity contribution in [3.05, 3.63) is 0 Å². The SMILES string of the molecule is CN1CCN(C2CCCNC2)CCC1=O. The van der Waals surface area contributed by atoms with Gasteiger partial charge in [0.05, 0.1) is 0 Å². The molecule has 1 unspecified atom stereocenters. The zero-order valence-corrected chi connectivity index (χ0v) is 9.54. The molecule has 2 heterocycles. The molecular formula is C11H21N3O. The van der Waals surface area contributed by atoms with Gasteiger partial charge in [-0.15, -0.1) is 0 Å². The highest BCUT2D eigenvalue weighted by molar-refractivity contribution is 5.76. The summed E-state index contributed by atoms with van der Waals surface area (Å²) in [7, 11) is 1.91. The van der Waals surface area contributed by atoms with E-state index in [-0.39, 0.29) is 0 Å². The Kier molecular flexibility index (Phi) is 3.59. The lowest BCUT2D eigenvalue weighted by atomic mass is 10.1. The number of piperidine rings is 1. The number of nitrogens with zero attached hydrogens (tertiary/aromatic N) is 2. The monoisotopic (exact) mass is 211 g/mol. The minimum absolute atomic E-state index is 0.293. The smallest absolute Gasteiger partial charge is 0.223 e. The first-order valence-electron chi connectivity index (χ1n) is 5.96. The number of carbonyl (C=O) groups excluding carboxylic acids is 1. The molecule has 2 aliphatic rings. The maximum absolute atomic E-state index is 11.5. The molecule has 2 fully saturated rings. The van der Waals surface area contributed by atoms with Crippen LogP contribution in [0.5, 0.6) is 0 Å². The summed E-state index contributed by atoms with van der Waals surface area (Å²) >= 11 is 0. The van der Waals surface area contributed by atoms with Crippen molar-refractivity contribution >= 4 is 5.91 Å². The van der Waals surface area contributed by atoms with Crippen LogP contribution in [0.2, 0.25) is 0 Å².